The van der Waals surface area contributed by atoms with Crippen molar-refractivity contribution in [1.29, 1.82) is 0 Å². The van der Waals surface area contributed by atoms with Gasteiger partial charge >= 0.3 is 0 Å². The van der Waals surface area contributed by atoms with E-state index in [0.717, 1.165) is 13.0 Å². The average molecular weight is 178 g/mol. The molecule has 0 aromatic rings. The van der Waals surface area contributed by atoms with Crippen LogP contribution in [0.3, 0.4) is 0 Å². The highest BCUT2D eigenvalue weighted by Gasteiger charge is 2.45. The largest absolute Gasteiger partial charge is 0.396 e. The maximum atomic E-state index is 8.92. The van der Waals surface area contributed by atoms with Crippen LogP contribution >= 0.6 is 12.4 Å². The van der Waals surface area contributed by atoms with Crippen LogP contribution in [0.15, 0.2) is 0 Å². The van der Waals surface area contributed by atoms with Gasteiger partial charge in [0.1, 0.15) is 0 Å². The molecule has 66 valence electrons. The Morgan fingerprint density at radius 1 is 1.45 bits per heavy atom. The Morgan fingerprint density at radius 3 is 2.73 bits per heavy atom. The normalized spacial score (nSPS) is 33.0. The molecule has 0 bridgehead atoms. The van der Waals surface area contributed by atoms with Crippen molar-refractivity contribution < 1.29 is 5.11 Å². The van der Waals surface area contributed by atoms with E-state index in [2.05, 4.69) is 5.32 Å². The molecule has 0 amide bonds. The summed E-state index contributed by atoms with van der Waals surface area (Å²) in [7, 11) is 0. The number of halogens is 1. The molecule has 2 rings (SSSR count). The molecule has 1 spiro atoms. The second kappa shape index (κ2) is 3.30. The molecule has 1 aliphatic heterocycles. The van der Waals surface area contributed by atoms with Crippen molar-refractivity contribution in [3.05, 3.63) is 0 Å². The van der Waals surface area contributed by atoms with E-state index in [1.54, 1.807) is 0 Å². The van der Waals surface area contributed by atoms with Gasteiger partial charge in [-0.25, -0.2) is 0 Å². The summed E-state index contributed by atoms with van der Waals surface area (Å²) in [5, 5.41) is 12.4. The number of aliphatic hydroxyl groups excluding tert-OH is 1. The summed E-state index contributed by atoms with van der Waals surface area (Å²) in [5.41, 5.74) is 0.492. The summed E-state index contributed by atoms with van der Waals surface area (Å²) in [6, 6.07) is 0. The lowest BCUT2D eigenvalue weighted by molar-refractivity contribution is 0.170. The maximum Gasteiger partial charge on any atom is 0.0460 e. The van der Waals surface area contributed by atoms with Crippen LogP contribution in [-0.4, -0.2) is 23.8 Å². The molecule has 0 aromatic carbocycles. The van der Waals surface area contributed by atoms with Gasteiger partial charge in [-0.15, -0.1) is 12.4 Å². The van der Waals surface area contributed by atoms with Crippen LogP contribution in [0.4, 0.5) is 0 Å². The van der Waals surface area contributed by atoms with Crippen LogP contribution in [0.5, 0.6) is 0 Å². The molecule has 1 atom stereocenters. The van der Waals surface area contributed by atoms with E-state index in [1.165, 1.54) is 19.3 Å². The molecule has 0 aromatic heterocycles. The van der Waals surface area contributed by atoms with Gasteiger partial charge in [-0.05, 0) is 38.1 Å². The predicted molar refractivity (Wildman–Crippen MR) is 47.0 cm³/mol. The summed E-state index contributed by atoms with van der Waals surface area (Å²) < 4.78 is 0. The number of nitrogens with one attached hydrogen (secondary N) is 1. The lowest BCUT2D eigenvalue weighted by atomic mass is 9.92. The van der Waals surface area contributed by atoms with E-state index in [4.69, 9.17) is 5.11 Å². The van der Waals surface area contributed by atoms with Crippen LogP contribution < -0.4 is 5.32 Å². The van der Waals surface area contributed by atoms with Crippen LogP contribution in [0.2, 0.25) is 0 Å². The molecule has 2 nitrogen and oxygen atoms in total. The summed E-state index contributed by atoms with van der Waals surface area (Å²) in [6.45, 7) is 1.51. The molecule has 11 heavy (non-hydrogen) atoms. The molecule has 1 heterocycles. The van der Waals surface area contributed by atoms with Crippen molar-refractivity contribution in [3.63, 3.8) is 0 Å². The molecule has 1 saturated heterocycles. The van der Waals surface area contributed by atoms with E-state index >= 15 is 0 Å². The highest BCUT2D eigenvalue weighted by molar-refractivity contribution is 5.85. The first-order chi connectivity index (χ1) is 4.85. The van der Waals surface area contributed by atoms with E-state index in [1.807, 2.05) is 0 Å². The van der Waals surface area contributed by atoms with E-state index in [-0.39, 0.29) is 12.4 Å². The van der Waals surface area contributed by atoms with Crippen molar-refractivity contribution in [2.75, 3.05) is 13.2 Å². The summed E-state index contributed by atoms with van der Waals surface area (Å²) in [5.74, 6) is 0.587. The van der Waals surface area contributed by atoms with Crippen molar-refractivity contribution in [1.82, 2.24) is 5.32 Å². The summed E-state index contributed by atoms with van der Waals surface area (Å²) >= 11 is 0. The molecule has 2 N–H and O–H groups in total. The van der Waals surface area contributed by atoms with Crippen LogP contribution in [-0.2, 0) is 0 Å². The number of rotatable bonds is 1. The molecular weight excluding hydrogens is 162 g/mol. The second-order valence-corrected chi connectivity index (χ2v) is 3.75. The van der Waals surface area contributed by atoms with Gasteiger partial charge in [-0.1, -0.05) is 0 Å². The Morgan fingerprint density at radius 2 is 2.18 bits per heavy atom. The van der Waals surface area contributed by atoms with Crippen molar-refractivity contribution in [2.45, 2.75) is 31.2 Å². The van der Waals surface area contributed by atoms with Gasteiger partial charge < -0.3 is 10.4 Å². The zero-order valence-corrected chi connectivity index (χ0v) is 7.49. The van der Waals surface area contributed by atoms with Gasteiger partial charge in [0.15, 0.2) is 0 Å². The molecule has 1 saturated carbocycles. The minimum Gasteiger partial charge on any atom is -0.396 e. The molecule has 3 heteroatoms. The highest BCUT2D eigenvalue weighted by Crippen LogP contribution is 2.43. The van der Waals surface area contributed by atoms with E-state index in [0.29, 0.717) is 18.1 Å². The Labute approximate surface area is 73.8 Å². The van der Waals surface area contributed by atoms with Gasteiger partial charge in [-0.3, -0.25) is 0 Å². The van der Waals surface area contributed by atoms with Gasteiger partial charge in [0.2, 0.25) is 0 Å². The minimum absolute atomic E-state index is 0. The highest BCUT2D eigenvalue weighted by atomic mass is 35.5. The standard InChI is InChI=1S/C8H15NO.ClH/c10-6-7-1-4-9-8(5-7)2-3-8;/h7,9-10H,1-6H2;1H. The predicted octanol–water partition coefficient (Wildman–Crippen LogP) is 0.933. The van der Waals surface area contributed by atoms with Crippen LogP contribution in [0.25, 0.3) is 0 Å². The second-order valence-electron chi connectivity index (χ2n) is 3.75. The van der Waals surface area contributed by atoms with Crippen molar-refractivity contribution >= 4 is 12.4 Å². The molecule has 2 aliphatic rings. The SMILES string of the molecule is Cl.OCC1CCNC2(CC2)C1. The Bertz CT molecular complexity index is 136. The quantitative estimate of drug-likeness (QED) is 0.625. The number of aliphatic hydroxyl groups is 1. The van der Waals surface area contributed by atoms with E-state index in [9.17, 15) is 0 Å². The summed E-state index contributed by atoms with van der Waals surface area (Å²) in [6.07, 6.45) is 5.05. The minimum atomic E-state index is 0. The monoisotopic (exact) mass is 177 g/mol. The first kappa shape index (κ1) is 9.30. The van der Waals surface area contributed by atoms with Gasteiger partial charge in [0, 0.05) is 12.1 Å². The number of piperidine rings is 1. The fraction of sp³-hybridized carbons (Fsp3) is 1.00. The lowest BCUT2D eigenvalue weighted by Crippen LogP contribution is -2.40. The fourth-order valence-electron chi connectivity index (χ4n) is 1.96. The smallest absolute Gasteiger partial charge is 0.0460 e. The zero-order chi connectivity index (χ0) is 7.03. The number of hydrogen-bond acceptors (Lipinski definition) is 2. The van der Waals surface area contributed by atoms with Gasteiger partial charge in [0.05, 0.1) is 0 Å². The van der Waals surface area contributed by atoms with Crippen molar-refractivity contribution in [2.24, 2.45) is 5.92 Å². The van der Waals surface area contributed by atoms with Gasteiger partial charge in [0.25, 0.3) is 0 Å². The summed E-state index contributed by atoms with van der Waals surface area (Å²) in [4.78, 5) is 0. The molecule has 2 fully saturated rings. The molecular formula is C8H16ClNO. The first-order valence-electron chi connectivity index (χ1n) is 4.21. The Balaban J connectivity index is 0.000000605. The Kier molecular flexibility index (Phi) is 2.79. The third-order valence-corrected chi connectivity index (χ3v) is 2.84. The van der Waals surface area contributed by atoms with Crippen LogP contribution in [0.1, 0.15) is 25.7 Å². The maximum absolute atomic E-state index is 8.92. The fourth-order valence-corrected chi connectivity index (χ4v) is 1.96. The third-order valence-electron chi connectivity index (χ3n) is 2.84. The molecule has 1 aliphatic carbocycles. The first-order valence-corrected chi connectivity index (χ1v) is 4.21. The zero-order valence-electron chi connectivity index (χ0n) is 6.68. The van der Waals surface area contributed by atoms with Gasteiger partial charge in [-0.2, -0.15) is 0 Å². The van der Waals surface area contributed by atoms with E-state index < -0.39 is 0 Å². The molecule has 0 radical (unpaired) electrons. The van der Waals surface area contributed by atoms with Crippen molar-refractivity contribution in [3.8, 4) is 0 Å². The number of hydrogen-bond donors (Lipinski definition) is 2. The molecule has 1 unspecified atom stereocenters. The van der Waals surface area contributed by atoms with Crippen LogP contribution in [0, 0.1) is 5.92 Å². The topological polar surface area (TPSA) is 32.3 Å². The third kappa shape index (κ3) is 1.86. The Hall–Kier alpha value is 0.210. The lowest BCUT2D eigenvalue weighted by Gasteiger charge is -2.29. The average Bonchev–Trinajstić information content (AvgIpc) is 2.70.